The Kier molecular flexibility index (Phi) is 7.03. The molecule has 1 aromatic carbocycles. The summed E-state index contributed by atoms with van der Waals surface area (Å²) in [5.74, 6) is -1.12. The van der Waals surface area contributed by atoms with Crippen LogP contribution < -0.4 is 11.2 Å². The van der Waals surface area contributed by atoms with Crippen LogP contribution in [0.5, 0.6) is 0 Å². The van der Waals surface area contributed by atoms with Crippen LogP contribution >= 0.6 is 0 Å². The maximum atomic E-state index is 12.4. The van der Waals surface area contributed by atoms with Crippen molar-refractivity contribution in [3.63, 3.8) is 0 Å². The van der Waals surface area contributed by atoms with Crippen LogP contribution in [-0.4, -0.2) is 46.4 Å². The smallest absolute Gasteiger partial charge is 0.330 e. The molecule has 0 bridgehead atoms. The molecule has 10 nitrogen and oxygen atoms in total. The highest BCUT2D eigenvalue weighted by Gasteiger charge is 2.49. The van der Waals surface area contributed by atoms with Crippen LogP contribution in [0.15, 0.2) is 46.1 Å². The maximum Gasteiger partial charge on any atom is 0.330 e. The molecule has 31 heavy (non-hydrogen) atoms. The monoisotopic (exact) mass is 432 g/mol. The molecule has 1 N–H and O–H groups in total. The number of aromatic amines is 1. The molecule has 10 heteroatoms. The minimum absolute atomic E-state index is 0.167. The number of hydrogen-bond acceptors (Lipinski definition) is 8. The normalized spacial score (nSPS) is 22.8. The Bertz CT molecular complexity index is 1050. The Morgan fingerprint density at radius 2 is 1.81 bits per heavy atom. The summed E-state index contributed by atoms with van der Waals surface area (Å²) in [5, 5.41) is 0. The number of nitrogens with one attached hydrogen (secondary N) is 1. The number of esters is 2. The molecule has 1 fully saturated rings. The van der Waals surface area contributed by atoms with E-state index in [-0.39, 0.29) is 18.8 Å². The van der Waals surface area contributed by atoms with Gasteiger partial charge in [0.2, 0.25) is 0 Å². The lowest BCUT2D eigenvalue weighted by molar-refractivity contribution is -0.158. The van der Waals surface area contributed by atoms with E-state index in [1.165, 1.54) is 27.0 Å². The van der Waals surface area contributed by atoms with Gasteiger partial charge in [-0.15, -0.1) is 0 Å². The van der Waals surface area contributed by atoms with E-state index in [0.29, 0.717) is 0 Å². The van der Waals surface area contributed by atoms with E-state index >= 15 is 0 Å². The quantitative estimate of drug-likeness (QED) is 0.638. The van der Waals surface area contributed by atoms with E-state index in [1.54, 1.807) is 0 Å². The third-order valence-corrected chi connectivity index (χ3v) is 4.74. The molecule has 1 aliphatic rings. The second-order valence-corrected chi connectivity index (χ2v) is 7.18. The van der Waals surface area contributed by atoms with Gasteiger partial charge >= 0.3 is 17.6 Å². The number of aromatic nitrogens is 2. The molecule has 0 saturated carbocycles. The predicted octanol–water partition coefficient (Wildman–Crippen LogP) is 0.823. The molecule has 4 atom stereocenters. The molecule has 0 aliphatic carbocycles. The third kappa shape index (κ3) is 5.47. The third-order valence-electron chi connectivity index (χ3n) is 4.74. The number of carbonyl (C=O) groups excluding carboxylic acids is 2. The fourth-order valence-electron chi connectivity index (χ4n) is 3.33. The zero-order chi connectivity index (χ0) is 22.5. The van der Waals surface area contributed by atoms with E-state index < -0.39 is 47.7 Å². The maximum absolute atomic E-state index is 12.4. The fraction of sp³-hybridized carbons (Fsp3) is 0.429. The Labute approximate surface area is 177 Å². The lowest BCUT2D eigenvalue weighted by atomic mass is 10.1. The standard InChI is InChI=1S/C21H24N2O8/c1-12-9-23(21(27)22-19(12)26)20-18(30-14(3)25)17(16(31-20)11-28-13(2)24)29-10-15-7-5-4-6-8-15/h4-9,16-18,20H,10-11H2,1-3H3,(H,22,26,27)/t16-,17-,18-,20-/m0/s1. The predicted molar refractivity (Wildman–Crippen MR) is 107 cm³/mol. The molecule has 1 aromatic heterocycles. The molecule has 3 rings (SSSR count). The first-order valence-corrected chi connectivity index (χ1v) is 9.70. The van der Waals surface area contributed by atoms with Gasteiger partial charge in [-0.2, -0.15) is 0 Å². The van der Waals surface area contributed by atoms with Gasteiger partial charge in [-0.25, -0.2) is 4.79 Å². The van der Waals surface area contributed by atoms with E-state index in [4.69, 9.17) is 18.9 Å². The number of nitrogens with zero attached hydrogens (tertiary/aromatic N) is 1. The van der Waals surface area contributed by atoms with Crippen molar-refractivity contribution in [1.82, 2.24) is 9.55 Å². The van der Waals surface area contributed by atoms with Crippen LogP contribution in [0.25, 0.3) is 0 Å². The molecular weight excluding hydrogens is 408 g/mol. The van der Waals surface area contributed by atoms with E-state index in [2.05, 4.69) is 4.98 Å². The molecule has 2 aromatic rings. The van der Waals surface area contributed by atoms with Gasteiger partial charge in [-0.1, -0.05) is 30.3 Å². The SMILES string of the molecule is CC(=O)OC[C@@H]1O[C@H](n2cc(C)c(=O)[nH]c2=O)[C@@H](OC(C)=O)[C@H]1OCc1ccccc1. The van der Waals surface area contributed by atoms with Gasteiger partial charge in [-0.05, 0) is 12.5 Å². The fourth-order valence-corrected chi connectivity index (χ4v) is 3.33. The van der Waals surface area contributed by atoms with Crippen molar-refractivity contribution >= 4 is 11.9 Å². The lowest BCUT2D eigenvalue weighted by Gasteiger charge is -2.24. The van der Waals surface area contributed by atoms with E-state index in [9.17, 15) is 19.2 Å². The summed E-state index contributed by atoms with van der Waals surface area (Å²) >= 11 is 0. The highest BCUT2D eigenvalue weighted by molar-refractivity contribution is 5.66. The first-order valence-electron chi connectivity index (χ1n) is 9.70. The van der Waals surface area contributed by atoms with Crippen molar-refractivity contribution in [2.45, 2.75) is 51.9 Å². The second kappa shape index (κ2) is 9.71. The minimum atomic E-state index is -1.09. The van der Waals surface area contributed by atoms with Crippen LogP contribution in [0.2, 0.25) is 0 Å². The van der Waals surface area contributed by atoms with Gasteiger partial charge in [0.25, 0.3) is 5.56 Å². The van der Waals surface area contributed by atoms with Crippen LogP contribution in [0, 0.1) is 6.92 Å². The Hall–Kier alpha value is -3.24. The molecule has 0 radical (unpaired) electrons. The van der Waals surface area contributed by atoms with Crippen molar-refractivity contribution in [2.75, 3.05) is 6.61 Å². The highest BCUT2D eigenvalue weighted by Crippen LogP contribution is 2.34. The summed E-state index contributed by atoms with van der Waals surface area (Å²) in [6.45, 7) is 4.02. The van der Waals surface area contributed by atoms with Gasteiger partial charge < -0.3 is 18.9 Å². The Morgan fingerprint density at radius 3 is 2.45 bits per heavy atom. The Balaban J connectivity index is 1.95. The van der Waals surface area contributed by atoms with Gasteiger partial charge in [0.1, 0.15) is 18.8 Å². The largest absolute Gasteiger partial charge is 0.463 e. The summed E-state index contributed by atoms with van der Waals surface area (Å²) < 4.78 is 23.6. The summed E-state index contributed by atoms with van der Waals surface area (Å²) in [4.78, 5) is 49.5. The van der Waals surface area contributed by atoms with Gasteiger partial charge in [0.05, 0.1) is 6.61 Å². The van der Waals surface area contributed by atoms with Gasteiger partial charge in [-0.3, -0.25) is 23.9 Å². The molecule has 0 unspecified atom stereocenters. The van der Waals surface area contributed by atoms with Crippen molar-refractivity contribution in [3.8, 4) is 0 Å². The number of carbonyl (C=O) groups is 2. The first-order chi connectivity index (χ1) is 14.8. The number of ether oxygens (including phenoxy) is 4. The lowest BCUT2D eigenvalue weighted by Crippen LogP contribution is -2.42. The minimum Gasteiger partial charge on any atom is -0.463 e. The summed E-state index contributed by atoms with van der Waals surface area (Å²) in [7, 11) is 0. The molecule has 166 valence electrons. The number of rotatable bonds is 7. The molecule has 2 heterocycles. The summed E-state index contributed by atoms with van der Waals surface area (Å²) in [6.07, 6.45) is -2.45. The van der Waals surface area contributed by atoms with Gasteiger partial charge in [0.15, 0.2) is 12.3 Å². The first kappa shape index (κ1) is 22.4. The van der Waals surface area contributed by atoms with Crippen molar-refractivity contribution in [2.24, 2.45) is 0 Å². The molecule has 0 amide bonds. The number of aryl methyl sites for hydroxylation is 1. The van der Waals surface area contributed by atoms with Crippen LogP contribution in [0.4, 0.5) is 0 Å². The Morgan fingerprint density at radius 1 is 1.10 bits per heavy atom. The van der Waals surface area contributed by atoms with Crippen molar-refractivity contribution in [3.05, 3.63) is 68.5 Å². The number of H-pyrrole nitrogens is 1. The highest BCUT2D eigenvalue weighted by atomic mass is 16.6. The average Bonchev–Trinajstić information content (AvgIpc) is 3.04. The average molecular weight is 432 g/mol. The van der Waals surface area contributed by atoms with Crippen molar-refractivity contribution in [1.29, 1.82) is 0 Å². The van der Waals surface area contributed by atoms with Crippen LogP contribution in [0.1, 0.15) is 31.2 Å². The summed E-state index contributed by atoms with van der Waals surface area (Å²) in [6, 6.07) is 9.31. The molecule has 1 aliphatic heterocycles. The van der Waals surface area contributed by atoms with Gasteiger partial charge in [0, 0.05) is 25.6 Å². The molecule has 0 spiro atoms. The zero-order valence-corrected chi connectivity index (χ0v) is 17.4. The van der Waals surface area contributed by atoms with Crippen LogP contribution in [0.3, 0.4) is 0 Å². The van der Waals surface area contributed by atoms with Crippen LogP contribution in [-0.2, 0) is 35.1 Å². The van der Waals surface area contributed by atoms with E-state index in [1.807, 2.05) is 30.3 Å². The topological polar surface area (TPSA) is 126 Å². The zero-order valence-electron chi connectivity index (χ0n) is 17.4. The molecule has 1 saturated heterocycles. The second-order valence-electron chi connectivity index (χ2n) is 7.18. The van der Waals surface area contributed by atoms with Crippen molar-refractivity contribution < 1.29 is 28.5 Å². The van der Waals surface area contributed by atoms with E-state index in [0.717, 1.165) is 10.1 Å². The summed E-state index contributed by atoms with van der Waals surface area (Å²) in [5.41, 5.74) is -0.116. The number of benzene rings is 1. The number of hydrogen-bond donors (Lipinski definition) is 1. The molecular formula is C21H24N2O8.